The summed E-state index contributed by atoms with van der Waals surface area (Å²) in [4.78, 5) is 28.7. The molecule has 35 heavy (non-hydrogen) atoms. The number of hydrogen-bond acceptors (Lipinski definition) is 5. The van der Waals surface area contributed by atoms with E-state index in [2.05, 4.69) is 4.74 Å². The second kappa shape index (κ2) is 10.6. The van der Waals surface area contributed by atoms with E-state index in [1.807, 2.05) is 33.8 Å². The van der Waals surface area contributed by atoms with E-state index < -0.39 is 6.16 Å². The van der Waals surface area contributed by atoms with Crippen LogP contribution in [0.1, 0.15) is 73.6 Å². The van der Waals surface area contributed by atoms with E-state index in [4.69, 9.17) is 14.8 Å². The normalized spacial score (nSPS) is 14.8. The summed E-state index contributed by atoms with van der Waals surface area (Å²) in [5.41, 5.74) is 5.90. The Labute approximate surface area is 204 Å². The Bertz CT molecular complexity index is 1350. The Morgan fingerprint density at radius 1 is 1.20 bits per heavy atom. The van der Waals surface area contributed by atoms with Gasteiger partial charge in [0.1, 0.15) is 12.4 Å². The summed E-state index contributed by atoms with van der Waals surface area (Å²) in [6.45, 7) is 11.5. The van der Waals surface area contributed by atoms with Gasteiger partial charge in [0.2, 0.25) is 0 Å². The fourth-order valence-corrected chi connectivity index (χ4v) is 4.97. The van der Waals surface area contributed by atoms with Crippen LogP contribution in [0.15, 0.2) is 16.9 Å². The molecule has 8 heteroatoms. The van der Waals surface area contributed by atoms with Gasteiger partial charge in [-0.25, -0.2) is 14.2 Å². The number of pyridine rings is 2. The number of hydrogen-bond donors (Lipinski definition) is 1. The van der Waals surface area contributed by atoms with Crippen molar-refractivity contribution >= 4 is 17.1 Å². The first-order valence-corrected chi connectivity index (χ1v) is 12.1. The number of ether oxygens (including phenoxy) is 2. The van der Waals surface area contributed by atoms with Crippen LogP contribution in [-0.2, 0) is 29.0 Å². The van der Waals surface area contributed by atoms with E-state index in [0.29, 0.717) is 46.6 Å². The predicted molar refractivity (Wildman–Crippen MR) is 134 cm³/mol. The molecule has 1 aliphatic carbocycles. The van der Waals surface area contributed by atoms with Gasteiger partial charge in [-0.3, -0.25) is 4.79 Å². The summed E-state index contributed by atoms with van der Waals surface area (Å²) >= 11 is 0. The van der Waals surface area contributed by atoms with Crippen molar-refractivity contribution in [3.05, 3.63) is 61.7 Å². The smallest absolute Gasteiger partial charge is 0.450 e. The molecule has 1 atom stereocenters. The van der Waals surface area contributed by atoms with Gasteiger partial charge < -0.3 is 19.1 Å². The van der Waals surface area contributed by atoms with Gasteiger partial charge >= 0.3 is 6.16 Å². The second-order valence-electron chi connectivity index (χ2n) is 8.11. The Kier molecular flexibility index (Phi) is 7.95. The number of carboxylic acid groups (broad SMARTS) is 1. The van der Waals surface area contributed by atoms with Crippen molar-refractivity contribution in [1.82, 2.24) is 9.55 Å². The van der Waals surface area contributed by atoms with Gasteiger partial charge in [0.25, 0.3) is 5.56 Å². The monoisotopic (exact) mass is 484 g/mol. The average Bonchev–Trinajstić information content (AvgIpc) is 3.22. The molecule has 1 aliphatic heterocycles. The molecule has 1 N–H and O–H groups in total. The fraction of sp³-hybridized carbons (Fsp3) is 0.444. The minimum absolute atomic E-state index is 0.169. The van der Waals surface area contributed by atoms with Crippen molar-refractivity contribution in [3.8, 4) is 11.4 Å². The first-order valence-electron chi connectivity index (χ1n) is 12.1. The molecule has 188 valence electrons. The van der Waals surface area contributed by atoms with E-state index in [9.17, 15) is 14.0 Å². The summed E-state index contributed by atoms with van der Waals surface area (Å²) in [7, 11) is 1.66. The number of rotatable bonds is 3. The lowest BCUT2D eigenvalue weighted by atomic mass is 9.83. The van der Waals surface area contributed by atoms with Gasteiger partial charge in [-0.2, -0.15) is 0 Å². The van der Waals surface area contributed by atoms with Crippen molar-refractivity contribution in [3.63, 3.8) is 0 Å². The summed E-state index contributed by atoms with van der Waals surface area (Å²) in [5.74, 6) is -0.287. The van der Waals surface area contributed by atoms with Crippen LogP contribution in [0.3, 0.4) is 0 Å². The van der Waals surface area contributed by atoms with Crippen LogP contribution in [-0.4, -0.2) is 27.9 Å². The highest BCUT2D eigenvalue weighted by molar-refractivity contribution is 5.92. The van der Waals surface area contributed by atoms with E-state index in [0.717, 1.165) is 28.5 Å². The standard InChI is InChI=1S/C23H21FN2O5.2C2H6/c1-10-6-17-21-13(8-26(17)22(27)14(10)9-31-23(28)29)20-18(30-3)5-4-12-11(2)15(24)7-16(25-21)19(12)20;2*1-2/h6-7,18H,4-5,8-9H2,1-3H3,(H,28,29);2*1-2H3. The molecule has 7 nitrogen and oxygen atoms in total. The summed E-state index contributed by atoms with van der Waals surface area (Å²) in [6.07, 6.45) is -0.175. The average molecular weight is 485 g/mol. The number of aromatic nitrogens is 2. The van der Waals surface area contributed by atoms with Crippen LogP contribution >= 0.6 is 0 Å². The molecule has 1 unspecified atom stereocenters. The van der Waals surface area contributed by atoms with Crippen molar-refractivity contribution in [2.45, 2.75) is 73.6 Å². The number of halogens is 1. The first-order chi connectivity index (χ1) is 16.8. The van der Waals surface area contributed by atoms with Crippen LogP contribution in [0.5, 0.6) is 0 Å². The third-order valence-corrected chi connectivity index (χ3v) is 6.53. The van der Waals surface area contributed by atoms with Gasteiger partial charge in [0.15, 0.2) is 0 Å². The molecule has 2 aliphatic rings. The number of nitrogens with zero attached hydrogens (tertiary/aromatic N) is 2. The zero-order valence-corrected chi connectivity index (χ0v) is 21.4. The molecule has 0 amide bonds. The zero-order valence-electron chi connectivity index (χ0n) is 21.4. The molecule has 0 bridgehead atoms. The maximum atomic E-state index is 14.6. The van der Waals surface area contributed by atoms with Crippen molar-refractivity contribution in [1.29, 1.82) is 0 Å². The molecule has 1 aromatic carbocycles. The Hall–Kier alpha value is -3.26. The number of benzene rings is 1. The van der Waals surface area contributed by atoms with Crippen LogP contribution in [0, 0.1) is 19.7 Å². The quantitative estimate of drug-likeness (QED) is 0.355. The molecule has 3 heterocycles. The van der Waals surface area contributed by atoms with Crippen LogP contribution in [0.2, 0.25) is 0 Å². The molecule has 0 spiro atoms. The molecule has 3 aromatic rings. The molecule has 2 aromatic heterocycles. The molecule has 0 saturated heterocycles. The molecule has 0 fully saturated rings. The van der Waals surface area contributed by atoms with Crippen LogP contribution < -0.4 is 5.56 Å². The topological polar surface area (TPSA) is 90.7 Å². The van der Waals surface area contributed by atoms with Crippen LogP contribution in [0.4, 0.5) is 9.18 Å². The van der Waals surface area contributed by atoms with E-state index >= 15 is 0 Å². The van der Waals surface area contributed by atoms with Gasteiger partial charge in [-0.1, -0.05) is 27.7 Å². The third-order valence-electron chi connectivity index (χ3n) is 6.53. The van der Waals surface area contributed by atoms with E-state index in [1.54, 1.807) is 25.5 Å². The summed E-state index contributed by atoms with van der Waals surface area (Å²) in [5, 5.41) is 9.74. The van der Waals surface area contributed by atoms with Gasteiger partial charge in [0.05, 0.1) is 35.1 Å². The summed E-state index contributed by atoms with van der Waals surface area (Å²) in [6, 6.07) is 3.27. The highest BCUT2D eigenvalue weighted by Crippen LogP contribution is 2.45. The lowest BCUT2D eigenvalue weighted by molar-refractivity contribution is 0.0847. The minimum Gasteiger partial charge on any atom is -0.450 e. The lowest BCUT2D eigenvalue weighted by Gasteiger charge is -2.28. The second-order valence-corrected chi connectivity index (χ2v) is 8.11. The van der Waals surface area contributed by atoms with Crippen molar-refractivity contribution < 1.29 is 23.8 Å². The predicted octanol–water partition coefficient (Wildman–Crippen LogP) is 6.06. The Morgan fingerprint density at radius 3 is 2.51 bits per heavy atom. The first kappa shape index (κ1) is 26.3. The Morgan fingerprint density at radius 2 is 1.89 bits per heavy atom. The largest absolute Gasteiger partial charge is 0.506 e. The SMILES string of the molecule is CC.CC.COC1CCc2c(C)c(F)cc3nc4c(c1c23)Cn1c-4cc(C)c(COC(=O)O)c1=O. The molecular formula is C27H33FN2O5. The van der Waals surface area contributed by atoms with Gasteiger partial charge in [-0.05, 0) is 55.0 Å². The molecule has 0 radical (unpaired) electrons. The fourth-order valence-electron chi connectivity index (χ4n) is 4.97. The Balaban J connectivity index is 0.000000815. The maximum Gasteiger partial charge on any atom is 0.506 e. The number of fused-ring (bicyclic) bond motifs is 4. The number of methoxy groups -OCH3 is 1. The minimum atomic E-state index is -1.43. The summed E-state index contributed by atoms with van der Waals surface area (Å²) < 4.78 is 26.6. The van der Waals surface area contributed by atoms with Gasteiger partial charge in [0, 0.05) is 24.1 Å². The highest BCUT2D eigenvalue weighted by atomic mass is 19.1. The number of carbonyl (C=O) groups is 1. The third kappa shape index (κ3) is 4.31. The zero-order chi connectivity index (χ0) is 26.0. The molecule has 5 rings (SSSR count). The lowest BCUT2D eigenvalue weighted by Crippen LogP contribution is -2.25. The van der Waals surface area contributed by atoms with Crippen molar-refractivity contribution in [2.75, 3.05) is 7.11 Å². The number of aryl methyl sites for hydroxylation is 2. The molecule has 0 saturated carbocycles. The van der Waals surface area contributed by atoms with E-state index in [1.165, 1.54) is 6.07 Å². The van der Waals surface area contributed by atoms with Gasteiger partial charge in [-0.15, -0.1) is 0 Å². The maximum absolute atomic E-state index is 14.6. The molecular weight excluding hydrogens is 451 g/mol. The van der Waals surface area contributed by atoms with Crippen LogP contribution in [0.25, 0.3) is 22.3 Å². The van der Waals surface area contributed by atoms with E-state index in [-0.39, 0.29) is 24.1 Å². The van der Waals surface area contributed by atoms with Crippen molar-refractivity contribution in [2.24, 2.45) is 0 Å². The highest BCUT2D eigenvalue weighted by Gasteiger charge is 2.34.